The van der Waals surface area contributed by atoms with E-state index in [9.17, 15) is 9.18 Å². The summed E-state index contributed by atoms with van der Waals surface area (Å²) in [5, 5.41) is 3.21. The molecule has 1 saturated carbocycles. The van der Waals surface area contributed by atoms with Gasteiger partial charge < -0.3 is 15.0 Å². The molecule has 0 aromatic heterocycles. The summed E-state index contributed by atoms with van der Waals surface area (Å²) in [6, 6.07) is 5.83. The topological polar surface area (TPSA) is 44.8 Å². The number of piperidine rings is 1. The van der Waals surface area contributed by atoms with E-state index in [1.165, 1.54) is 26.4 Å². The highest BCUT2D eigenvalue weighted by Crippen LogP contribution is 2.23. The van der Waals surface area contributed by atoms with Crippen LogP contribution in [-0.2, 0) is 6.54 Å². The fraction of sp³-hybridized carbons (Fsp3) is 0.667. The number of benzene rings is 1. The van der Waals surface area contributed by atoms with Gasteiger partial charge in [0.25, 0.3) is 0 Å². The monoisotopic (exact) mass is 377 g/mol. The summed E-state index contributed by atoms with van der Waals surface area (Å²) in [5.74, 6) is -0.0369. The van der Waals surface area contributed by atoms with E-state index in [4.69, 9.17) is 4.74 Å². The Balaban J connectivity index is 1.43. The third kappa shape index (κ3) is 5.34. The lowest BCUT2D eigenvalue weighted by atomic mass is 9.94. The molecular weight excluding hydrogens is 345 g/mol. The molecule has 1 heterocycles. The molecule has 0 unspecified atom stereocenters. The molecule has 0 bridgehead atoms. The Labute approximate surface area is 161 Å². The van der Waals surface area contributed by atoms with Crippen molar-refractivity contribution in [3.8, 4) is 5.75 Å². The molecule has 2 aliphatic rings. The zero-order valence-corrected chi connectivity index (χ0v) is 16.5. The Bertz CT molecular complexity index is 626. The van der Waals surface area contributed by atoms with Gasteiger partial charge in [0, 0.05) is 38.8 Å². The molecule has 3 rings (SSSR count). The summed E-state index contributed by atoms with van der Waals surface area (Å²) < 4.78 is 18.8. The van der Waals surface area contributed by atoms with Gasteiger partial charge in [-0.3, -0.25) is 4.90 Å². The first kappa shape index (κ1) is 19.9. The van der Waals surface area contributed by atoms with Crippen molar-refractivity contribution < 1.29 is 13.9 Å². The number of carbonyl (C=O) groups is 1. The van der Waals surface area contributed by atoms with Crippen molar-refractivity contribution in [2.45, 2.75) is 63.6 Å². The first-order valence-corrected chi connectivity index (χ1v) is 10.1. The molecular formula is C21H32FN3O2. The van der Waals surface area contributed by atoms with Gasteiger partial charge in [0.1, 0.15) is 0 Å². The normalized spacial score (nSPS) is 19.7. The van der Waals surface area contributed by atoms with Gasteiger partial charge in [-0.1, -0.05) is 25.3 Å². The molecule has 150 valence electrons. The number of rotatable bonds is 5. The van der Waals surface area contributed by atoms with E-state index < -0.39 is 0 Å². The summed E-state index contributed by atoms with van der Waals surface area (Å²) in [7, 11) is 3.40. The molecule has 1 aliphatic carbocycles. The molecule has 1 aliphatic heterocycles. The fourth-order valence-electron chi connectivity index (χ4n) is 4.21. The average molecular weight is 378 g/mol. The van der Waals surface area contributed by atoms with Crippen molar-refractivity contribution in [3.05, 3.63) is 29.6 Å². The quantitative estimate of drug-likeness (QED) is 0.849. The average Bonchev–Trinajstić information content (AvgIpc) is 2.69. The number of nitrogens with zero attached hydrogens (tertiary/aromatic N) is 2. The first-order chi connectivity index (χ1) is 13.1. The number of hydrogen-bond acceptors (Lipinski definition) is 3. The molecule has 0 radical (unpaired) electrons. The Morgan fingerprint density at radius 1 is 1.22 bits per heavy atom. The molecule has 1 aromatic rings. The third-order valence-electron chi connectivity index (χ3n) is 5.98. The van der Waals surface area contributed by atoms with E-state index in [1.807, 2.05) is 18.0 Å². The largest absolute Gasteiger partial charge is 0.494 e. The number of likely N-dealkylation sites (tertiary alicyclic amines) is 1. The summed E-state index contributed by atoms with van der Waals surface area (Å²) in [6.45, 7) is 2.54. The Hall–Kier alpha value is -1.82. The van der Waals surface area contributed by atoms with Crippen LogP contribution in [0.4, 0.5) is 9.18 Å². The van der Waals surface area contributed by atoms with E-state index in [0.29, 0.717) is 6.04 Å². The number of carbonyl (C=O) groups excluding carboxylic acids is 1. The maximum Gasteiger partial charge on any atom is 0.317 e. The van der Waals surface area contributed by atoms with Crippen LogP contribution in [0.15, 0.2) is 18.2 Å². The van der Waals surface area contributed by atoms with Crippen LogP contribution in [0.2, 0.25) is 0 Å². The standard InChI is InChI=1S/C21H32FN3O2/c1-24(18-6-4-3-5-7-18)21(26)23-17-10-12-25(13-11-17)15-16-8-9-20(27-2)19(22)14-16/h8-9,14,17-18H,3-7,10-13,15H2,1-2H3,(H,23,26). The molecule has 2 amide bonds. The number of halogens is 1. The highest BCUT2D eigenvalue weighted by Gasteiger charge is 2.26. The molecule has 5 nitrogen and oxygen atoms in total. The van der Waals surface area contributed by atoms with Crippen LogP contribution in [0.5, 0.6) is 5.75 Å². The van der Waals surface area contributed by atoms with Crippen LogP contribution >= 0.6 is 0 Å². The zero-order valence-electron chi connectivity index (χ0n) is 16.5. The van der Waals surface area contributed by atoms with Crippen LogP contribution in [0.25, 0.3) is 0 Å². The Morgan fingerprint density at radius 3 is 2.56 bits per heavy atom. The highest BCUT2D eigenvalue weighted by atomic mass is 19.1. The van der Waals surface area contributed by atoms with Crippen molar-refractivity contribution >= 4 is 6.03 Å². The van der Waals surface area contributed by atoms with Crippen molar-refractivity contribution in [2.75, 3.05) is 27.2 Å². The molecule has 1 saturated heterocycles. The van der Waals surface area contributed by atoms with Crippen LogP contribution in [0.1, 0.15) is 50.5 Å². The summed E-state index contributed by atoms with van der Waals surface area (Å²) in [4.78, 5) is 16.8. The fourth-order valence-corrected chi connectivity index (χ4v) is 4.21. The molecule has 6 heteroatoms. The molecule has 2 fully saturated rings. The number of ether oxygens (including phenoxy) is 1. The second kappa shape index (κ2) is 9.40. The molecule has 1 aromatic carbocycles. The number of hydrogen-bond donors (Lipinski definition) is 1. The number of urea groups is 1. The summed E-state index contributed by atoms with van der Waals surface area (Å²) in [6.07, 6.45) is 7.87. The van der Waals surface area contributed by atoms with Crippen LogP contribution in [0, 0.1) is 5.82 Å². The molecule has 0 atom stereocenters. The maximum absolute atomic E-state index is 13.8. The van der Waals surface area contributed by atoms with Crippen molar-refractivity contribution in [1.29, 1.82) is 0 Å². The number of amides is 2. The number of methoxy groups -OCH3 is 1. The maximum atomic E-state index is 13.8. The highest BCUT2D eigenvalue weighted by molar-refractivity contribution is 5.74. The lowest BCUT2D eigenvalue weighted by Gasteiger charge is -2.35. The van der Waals surface area contributed by atoms with Gasteiger partial charge in [-0.2, -0.15) is 0 Å². The van der Waals surface area contributed by atoms with Gasteiger partial charge in [-0.25, -0.2) is 9.18 Å². The van der Waals surface area contributed by atoms with Crippen molar-refractivity contribution in [3.63, 3.8) is 0 Å². The van der Waals surface area contributed by atoms with Crippen LogP contribution in [0.3, 0.4) is 0 Å². The number of nitrogens with one attached hydrogen (secondary N) is 1. The summed E-state index contributed by atoms with van der Waals surface area (Å²) >= 11 is 0. The minimum absolute atomic E-state index is 0.0672. The van der Waals surface area contributed by atoms with Crippen molar-refractivity contribution in [2.24, 2.45) is 0 Å². The second-order valence-electron chi connectivity index (χ2n) is 7.87. The van der Waals surface area contributed by atoms with Gasteiger partial charge in [-0.15, -0.1) is 0 Å². The van der Waals surface area contributed by atoms with Gasteiger partial charge in [0.2, 0.25) is 0 Å². The van der Waals surface area contributed by atoms with E-state index in [2.05, 4.69) is 10.2 Å². The predicted octanol–water partition coefficient (Wildman–Crippen LogP) is 3.77. The summed E-state index contributed by atoms with van der Waals surface area (Å²) in [5.41, 5.74) is 0.952. The molecule has 27 heavy (non-hydrogen) atoms. The van der Waals surface area contributed by atoms with E-state index in [-0.39, 0.29) is 23.6 Å². The molecule has 0 spiro atoms. The van der Waals surface area contributed by atoms with E-state index in [1.54, 1.807) is 12.1 Å². The molecule has 1 N–H and O–H groups in total. The van der Waals surface area contributed by atoms with E-state index in [0.717, 1.165) is 50.9 Å². The minimum Gasteiger partial charge on any atom is -0.494 e. The minimum atomic E-state index is -0.317. The lowest BCUT2D eigenvalue weighted by molar-refractivity contribution is 0.155. The van der Waals surface area contributed by atoms with E-state index >= 15 is 0 Å². The predicted molar refractivity (Wildman–Crippen MR) is 104 cm³/mol. The van der Waals surface area contributed by atoms with Gasteiger partial charge in [0.05, 0.1) is 7.11 Å². The van der Waals surface area contributed by atoms with Gasteiger partial charge in [0.15, 0.2) is 11.6 Å². The van der Waals surface area contributed by atoms with Crippen LogP contribution < -0.4 is 10.1 Å². The van der Waals surface area contributed by atoms with Crippen molar-refractivity contribution in [1.82, 2.24) is 15.1 Å². The van der Waals surface area contributed by atoms with Gasteiger partial charge >= 0.3 is 6.03 Å². The second-order valence-corrected chi connectivity index (χ2v) is 7.87. The Kier molecular flexibility index (Phi) is 6.94. The van der Waals surface area contributed by atoms with Gasteiger partial charge in [-0.05, 0) is 43.4 Å². The van der Waals surface area contributed by atoms with Crippen LogP contribution in [-0.4, -0.2) is 55.2 Å². The first-order valence-electron chi connectivity index (χ1n) is 10.1. The third-order valence-corrected chi connectivity index (χ3v) is 5.98. The Morgan fingerprint density at radius 2 is 1.93 bits per heavy atom. The zero-order chi connectivity index (χ0) is 19.2. The SMILES string of the molecule is COc1ccc(CN2CCC(NC(=O)N(C)C3CCCCC3)CC2)cc1F. The smallest absolute Gasteiger partial charge is 0.317 e. The lowest BCUT2D eigenvalue weighted by Crippen LogP contribution is -2.50.